The molecule has 2 atom stereocenters. The van der Waals surface area contributed by atoms with E-state index in [9.17, 15) is 4.79 Å². The molecule has 0 radical (unpaired) electrons. The maximum absolute atomic E-state index is 12.8. The van der Waals surface area contributed by atoms with Crippen LogP contribution in [-0.4, -0.2) is 27.2 Å². The van der Waals surface area contributed by atoms with Crippen molar-refractivity contribution in [1.29, 1.82) is 0 Å². The summed E-state index contributed by atoms with van der Waals surface area (Å²) >= 11 is 1.40. The van der Waals surface area contributed by atoms with E-state index in [1.165, 1.54) is 17.3 Å². The zero-order valence-corrected chi connectivity index (χ0v) is 12.9. The predicted molar refractivity (Wildman–Crippen MR) is 84.4 cm³/mol. The Morgan fingerprint density at radius 2 is 2.00 bits per heavy atom. The third-order valence-electron chi connectivity index (χ3n) is 3.62. The number of rotatable bonds is 3. The SMILES string of the molecule is C[C@H](Sc1ncccn1)C(=O)N1c2ccccc2C[C@@H]1C. The third kappa shape index (κ3) is 2.78. The number of anilines is 1. The molecule has 2 heterocycles. The van der Waals surface area contributed by atoms with Gasteiger partial charge >= 0.3 is 0 Å². The Morgan fingerprint density at radius 3 is 2.76 bits per heavy atom. The molecule has 0 bridgehead atoms. The van der Waals surface area contributed by atoms with Crippen LogP contribution in [0, 0.1) is 0 Å². The molecule has 0 saturated heterocycles. The fraction of sp³-hybridized carbons (Fsp3) is 0.312. The summed E-state index contributed by atoms with van der Waals surface area (Å²) in [6, 6.07) is 10.1. The van der Waals surface area contributed by atoms with E-state index >= 15 is 0 Å². The van der Waals surface area contributed by atoms with Crippen LogP contribution in [0.4, 0.5) is 5.69 Å². The summed E-state index contributed by atoms with van der Waals surface area (Å²) in [4.78, 5) is 23.0. The van der Waals surface area contributed by atoms with Crippen LogP contribution < -0.4 is 4.90 Å². The van der Waals surface area contributed by atoms with Gasteiger partial charge in [0, 0.05) is 24.1 Å². The Kier molecular flexibility index (Phi) is 3.92. The lowest BCUT2D eigenvalue weighted by Gasteiger charge is -2.25. The Bertz CT molecular complexity index is 647. The minimum Gasteiger partial charge on any atom is -0.308 e. The Labute approximate surface area is 128 Å². The zero-order valence-electron chi connectivity index (χ0n) is 12.1. The number of aromatic nitrogens is 2. The molecule has 0 spiro atoms. The van der Waals surface area contributed by atoms with Crippen molar-refractivity contribution in [2.75, 3.05) is 4.90 Å². The van der Waals surface area contributed by atoms with Gasteiger partial charge in [0.15, 0.2) is 5.16 Å². The highest BCUT2D eigenvalue weighted by molar-refractivity contribution is 8.00. The van der Waals surface area contributed by atoms with Crippen LogP contribution in [0.25, 0.3) is 0 Å². The summed E-state index contributed by atoms with van der Waals surface area (Å²) in [5.74, 6) is 0.116. The molecule has 1 aliphatic rings. The smallest absolute Gasteiger partial charge is 0.240 e. The maximum atomic E-state index is 12.8. The van der Waals surface area contributed by atoms with E-state index in [0.29, 0.717) is 5.16 Å². The quantitative estimate of drug-likeness (QED) is 0.646. The van der Waals surface area contributed by atoms with Gasteiger partial charge in [0.25, 0.3) is 0 Å². The molecule has 0 unspecified atom stereocenters. The van der Waals surface area contributed by atoms with Crippen LogP contribution >= 0.6 is 11.8 Å². The highest BCUT2D eigenvalue weighted by atomic mass is 32.2. The second-order valence-electron chi connectivity index (χ2n) is 5.18. The Hall–Kier alpha value is -1.88. The largest absolute Gasteiger partial charge is 0.308 e. The van der Waals surface area contributed by atoms with Crippen LogP contribution in [-0.2, 0) is 11.2 Å². The molecule has 2 aromatic rings. The van der Waals surface area contributed by atoms with E-state index < -0.39 is 0 Å². The number of hydrogen-bond acceptors (Lipinski definition) is 4. The summed E-state index contributed by atoms with van der Waals surface area (Å²) in [6.45, 7) is 4.01. The average molecular weight is 299 g/mol. The fourth-order valence-corrected chi connectivity index (χ4v) is 3.43. The minimum absolute atomic E-state index is 0.116. The first-order valence-corrected chi connectivity index (χ1v) is 7.89. The number of amides is 1. The molecule has 0 saturated carbocycles. The van der Waals surface area contributed by atoms with E-state index in [4.69, 9.17) is 0 Å². The van der Waals surface area contributed by atoms with Gasteiger partial charge in [-0.2, -0.15) is 0 Å². The molecule has 21 heavy (non-hydrogen) atoms. The molecule has 1 aliphatic heterocycles. The molecule has 1 amide bonds. The van der Waals surface area contributed by atoms with E-state index in [-0.39, 0.29) is 17.2 Å². The van der Waals surface area contributed by atoms with Crippen molar-refractivity contribution in [3.63, 3.8) is 0 Å². The molecular weight excluding hydrogens is 282 g/mol. The topological polar surface area (TPSA) is 46.1 Å². The van der Waals surface area contributed by atoms with Gasteiger partial charge in [0.2, 0.25) is 5.91 Å². The lowest BCUT2D eigenvalue weighted by molar-refractivity contribution is -0.118. The molecule has 1 aromatic heterocycles. The van der Waals surface area contributed by atoms with Crippen molar-refractivity contribution < 1.29 is 4.79 Å². The summed E-state index contributed by atoms with van der Waals surface area (Å²) < 4.78 is 0. The van der Waals surface area contributed by atoms with Crippen LogP contribution in [0.1, 0.15) is 19.4 Å². The molecule has 0 fully saturated rings. The number of nitrogens with zero attached hydrogens (tertiary/aromatic N) is 3. The van der Waals surface area contributed by atoms with Crippen LogP contribution in [0.2, 0.25) is 0 Å². The first kappa shape index (κ1) is 14.1. The summed E-state index contributed by atoms with van der Waals surface area (Å²) in [5.41, 5.74) is 2.28. The summed E-state index contributed by atoms with van der Waals surface area (Å²) in [6.07, 6.45) is 4.31. The number of benzene rings is 1. The van der Waals surface area contributed by atoms with E-state index in [1.54, 1.807) is 18.5 Å². The molecule has 4 nitrogen and oxygen atoms in total. The van der Waals surface area contributed by atoms with Gasteiger partial charge in [-0.25, -0.2) is 9.97 Å². The molecule has 0 N–H and O–H groups in total. The third-order valence-corrected chi connectivity index (χ3v) is 4.59. The summed E-state index contributed by atoms with van der Waals surface area (Å²) in [7, 11) is 0. The van der Waals surface area contributed by atoms with Crippen molar-refractivity contribution in [3.8, 4) is 0 Å². The standard InChI is InChI=1S/C16H17N3OS/c1-11-10-13-6-3-4-7-14(13)19(11)15(20)12(2)21-16-17-8-5-9-18-16/h3-9,11-12H,10H2,1-2H3/t11-,12-/m0/s1. The predicted octanol–water partition coefficient (Wildman–Crippen LogP) is 2.94. The molecule has 5 heteroatoms. The second kappa shape index (κ2) is 5.85. The molecule has 3 rings (SSSR count). The van der Waals surface area contributed by atoms with Crippen molar-refractivity contribution in [2.24, 2.45) is 0 Å². The lowest BCUT2D eigenvalue weighted by atomic mass is 10.1. The number of hydrogen-bond donors (Lipinski definition) is 0. The number of para-hydroxylation sites is 1. The number of thioether (sulfide) groups is 1. The number of carbonyl (C=O) groups excluding carboxylic acids is 1. The van der Waals surface area contributed by atoms with Gasteiger partial charge < -0.3 is 4.90 Å². The van der Waals surface area contributed by atoms with Gasteiger partial charge in [0.05, 0.1) is 5.25 Å². The van der Waals surface area contributed by atoms with E-state index in [0.717, 1.165) is 12.1 Å². The fourth-order valence-electron chi connectivity index (χ4n) is 2.65. The monoisotopic (exact) mass is 299 g/mol. The van der Waals surface area contributed by atoms with Crippen LogP contribution in [0.15, 0.2) is 47.9 Å². The number of carbonyl (C=O) groups is 1. The Balaban J connectivity index is 1.79. The second-order valence-corrected chi connectivity index (χ2v) is 6.49. The highest BCUT2D eigenvalue weighted by Crippen LogP contribution is 2.34. The molecular formula is C16H17N3OS. The van der Waals surface area contributed by atoms with Crippen LogP contribution in [0.5, 0.6) is 0 Å². The van der Waals surface area contributed by atoms with Crippen molar-refractivity contribution in [2.45, 2.75) is 36.7 Å². The normalized spacial score (nSPS) is 18.4. The van der Waals surface area contributed by atoms with E-state index in [2.05, 4.69) is 23.0 Å². The summed E-state index contributed by atoms with van der Waals surface area (Å²) in [5, 5.41) is 0.430. The van der Waals surface area contributed by atoms with Crippen LogP contribution in [0.3, 0.4) is 0 Å². The molecule has 0 aliphatic carbocycles. The number of fused-ring (bicyclic) bond motifs is 1. The highest BCUT2D eigenvalue weighted by Gasteiger charge is 2.33. The van der Waals surface area contributed by atoms with Gasteiger partial charge in [-0.05, 0) is 38.0 Å². The maximum Gasteiger partial charge on any atom is 0.240 e. The van der Waals surface area contributed by atoms with Gasteiger partial charge in [-0.1, -0.05) is 30.0 Å². The lowest BCUT2D eigenvalue weighted by Crippen LogP contribution is -2.40. The van der Waals surface area contributed by atoms with E-state index in [1.807, 2.05) is 30.0 Å². The molecule has 108 valence electrons. The van der Waals surface area contributed by atoms with Crippen molar-refractivity contribution in [3.05, 3.63) is 48.3 Å². The van der Waals surface area contributed by atoms with Gasteiger partial charge in [-0.15, -0.1) is 0 Å². The Morgan fingerprint density at radius 1 is 1.29 bits per heavy atom. The average Bonchev–Trinajstić information content (AvgIpc) is 2.83. The first-order valence-electron chi connectivity index (χ1n) is 7.01. The molecule has 1 aromatic carbocycles. The van der Waals surface area contributed by atoms with Gasteiger partial charge in [0.1, 0.15) is 0 Å². The van der Waals surface area contributed by atoms with Crippen molar-refractivity contribution in [1.82, 2.24) is 9.97 Å². The van der Waals surface area contributed by atoms with Crippen molar-refractivity contribution >= 4 is 23.4 Å². The van der Waals surface area contributed by atoms with Gasteiger partial charge in [-0.3, -0.25) is 4.79 Å². The zero-order chi connectivity index (χ0) is 14.8. The first-order chi connectivity index (χ1) is 10.2. The minimum atomic E-state index is -0.207.